The maximum Gasteiger partial charge on any atom is 0.283 e. The van der Waals surface area contributed by atoms with Crippen molar-refractivity contribution in [1.82, 2.24) is 10.6 Å². The van der Waals surface area contributed by atoms with E-state index in [-0.39, 0.29) is 11.9 Å². The van der Waals surface area contributed by atoms with Gasteiger partial charge < -0.3 is 15.3 Å². The van der Waals surface area contributed by atoms with Crippen molar-refractivity contribution in [3.05, 3.63) is 12.0 Å². The standard InChI is InChI=1S/C11H23N3O3/c1-2-3-4-5-12-9(15)6-8-7-10(16)14-11(17)13-8/h6,8,10-17H,2-5,7H2,1H3/p+1/b9-6-. The summed E-state index contributed by atoms with van der Waals surface area (Å²) in [5, 5.41) is 35.4. The first-order chi connectivity index (χ1) is 8.11. The van der Waals surface area contributed by atoms with Crippen molar-refractivity contribution in [3.8, 4) is 0 Å². The van der Waals surface area contributed by atoms with E-state index in [0.29, 0.717) is 6.42 Å². The summed E-state index contributed by atoms with van der Waals surface area (Å²) < 4.78 is 0. The molecule has 0 aromatic heterocycles. The highest BCUT2D eigenvalue weighted by molar-refractivity contribution is 4.95. The number of nitrogens with two attached hydrogens (primary N) is 1. The number of unbranched alkanes of at least 4 members (excludes halogenated alkanes) is 2. The Balaban J connectivity index is 2.29. The highest BCUT2D eigenvalue weighted by atomic mass is 16.3. The van der Waals surface area contributed by atoms with Gasteiger partial charge in [0.1, 0.15) is 6.23 Å². The Morgan fingerprint density at radius 2 is 2.12 bits per heavy atom. The lowest BCUT2D eigenvalue weighted by molar-refractivity contribution is -0.631. The second-order valence-electron chi connectivity index (χ2n) is 4.39. The second-order valence-corrected chi connectivity index (χ2v) is 4.39. The largest absolute Gasteiger partial charge is 0.468 e. The van der Waals surface area contributed by atoms with E-state index in [4.69, 9.17) is 0 Å². The number of nitrogens with one attached hydrogen (secondary N) is 2. The molecular formula is C11H24N3O3+. The molecule has 0 amide bonds. The number of aliphatic hydroxyl groups excluding tert-OH is 3. The highest BCUT2D eigenvalue weighted by Gasteiger charge is 2.24. The van der Waals surface area contributed by atoms with Crippen LogP contribution in [-0.4, -0.2) is 40.5 Å². The number of quaternary nitrogens is 1. The molecule has 3 unspecified atom stereocenters. The van der Waals surface area contributed by atoms with Gasteiger partial charge in [0.25, 0.3) is 5.88 Å². The van der Waals surface area contributed by atoms with Gasteiger partial charge in [-0.15, -0.1) is 0 Å². The third-order valence-corrected chi connectivity index (χ3v) is 2.73. The summed E-state index contributed by atoms with van der Waals surface area (Å²) in [4.78, 5) is 0. The van der Waals surface area contributed by atoms with Crippen molar-refractivity contribution in [3.63, 3.8) is 0 Å². The van der Waals surface area contributed by atoms with Crippen LogP contribution in [0.15, 0.2) is 12.0 Å². The second kappa shape index (κ2) is 7.62. The van der Waals surface area contributed by atoms with Crippen LogP contribution < -0.4 is 16.0 Å². The Kier molecular flexibility index (Phi) is 6.46. The molecular weight excluding hydrogens is 222 g/mol. The lowest BCUT2D eigenvalue weighted by Crippen LogP contribution is -2.82. The molecule has 0 aliphatic carbocycles. The molecule has 1 aliphatic heterocycles. The SMILES string of the molecule is CCCCC[NH2+]/C(O)=C/C1CC(O)NC(O)N1. The molecule has 0 bridgehead atoms. The quantitative estimate of drug-likeness (QED) is 0.258. The van der Waals surface area contributed by atoms with Gasteiger partial charge in [0.15, 0.2) is 6.35 Å². The smallest absolute Gasteiger partial charge is 0.283 e. The molecule has 1 saturated heterocycles. The molecule has 0 aromatic carbocycles. The van der Waals surface area contributed by atoms with E-state index >= 15 is 0 Å². The van der Waals surface area contributed by atoms with Gasteiger partial charge >= 0.3 is 0 Å². The summed E-state index contributed by atoms with van der Waals surface area (Å²) in [6.45, 7) is 2.99. The van der Waals surface area contributed by atoms with Crippen molar-refractivity contribution < 1.29 is 20.6 Å². The lowest BCUT2D eigenvalue weighted by atomic mass is 10.1. The summed E-state index contributed by atoms with van der Waals surface area (Å²) in [7, 11) is 0. The van der Waals surface area contributed by atoms with Gasteiger partial charge in [0, 0.05) is 18.5 Å². The van der Waals surface area contributed by atoms with Crippen LogP contribution in [0.2, 0.25) is 0 Å². The number of aliphatic hydroxyl groups is 3. The van der Waals surface area contributed by atoms with Crippen LogP contribution in [0.5, 0.6) is 0 Å². The van der Waals surface area contributed by atoms with Gasteiger partial charge in [-0.3, -0.25) is 16.0 Å². The molecule has 6 heteroatoms. The maximum atomic E-state index is 9.66. The van der Waals surface area contributed by atoms with E-state index in [9.17, 15) is 15.3 Å². The molecule has 100 valence electrons. The summed E-state index contributed by atoms with van der Waals surface area (Å²) in [5.41, 5.74) is 0. The monoisotopic (exact) mass is 246 g/mol. The molecule has 0 saturated carbocycles. The minimum absolute atomic E-state index is 0.208. The van der Waals surface area contributed by atoms with Crippen LogP contribution in [-0.2, 0) is 0 Å². The molecule has 7 N–H and O–H groups in total. The number of hydrogen-bond acceptors (Lipinski definition) is 5. The molecule has 0 radical (unpaired) electrons. The summed E-state index contributed by atoms with van der Waals surface area (Å²) >= 11 is 0. The first-order valence-electron chi connectivity index (χ1n) is 6.24. The van der Waals surface area contributed by atoms with Crippen molar-refractivity contribution in [1.29, 1.82) is 0 Å². The van der Waals surface area contributed by atoms with E-state index in [1.165, 1.54) is 0 Å². The maximum absolute atomic E-state index is 9.66. The zero-order valence-electron chi connectivity index (χ0n) is 10.3. The topological polar surface area (TPSA) is 101 Å². The van der Waals surface area contributed by atoms with Crippen molar-refractivity contribution in [2.45, 2.75) is 51.2 Å². The van der Waals surface area contributed by atoms with Crippen LogP contribution in [0, 0.1) is 0 Å². The molecule has 1 fully saturated rings. The van der Waals surface area contributed by atoms with E-state index in [2.05, 4.69) is 17.6 Å². The Bertz CT molecular complexity index is 238. The van der Waals surface area contributed by atoms with Crippen LogP contribution in [0.4, 0.5) is 0 Å². The van der Waals surface area contributed by atoms with Crippen LogP contribution in [0.25, 0.3) is 0 Å². The average Bonchev–Trinajstić information content (AvgIpc) is 2.23. The van der Waals surface area contributed by atoms with Gasteiger partial charge in [-0.05, 0) is 12.8 Å². The number of rotatable bonds is 6. The van der Waals surface area contributed by atoms with Gasteiger partial charge in [-0.25, -0.2) is 0 Å². The lowest BCUT2D eigenvalue weighted by Gasteiger charge is -2.30. The van der Waals surface area contributed by atoms with Crippen molar-refractivity contribution in [2.24, 2.45) is 0 Å². The van der Waals surface area contributed by atoms with E-state index in [0.717, 1.165) is 25.8 Å². The first kappa shape index (κ1) is 14.4. The Morgan fingerprint density at radius 1 is 1.35 bits per heavy atom. The van der Waals surface area contributed by atoms with Gasteiger partial charge in [0.2, 0.25) is 0 Å². The van der Waals surface area contributed by atoms with Gasteiger partial charge in [-0.1, -0.05) is 13.3 Å². The van der Waals surface area contributed by atoms with E-state index in [1.807, 2.05) is 0 Å². The highest BCUT2D eigenvalue weighted by Crippen LogP contribution is 2.04. The van der Waals surface area contributed by atoms with Crippen LogP contribution in [0.1, 0.15) is 32.6 Å². The fourth-order valence-electron chi connectivity index (χ4n) is 1.84. The molecule has 0 spiro atoms. The molecule has 17 heavy (non-hydrogen) atoms. The summed E-state index contributed by atoms with van der Waals surface area (Å²) in [6, 6.07) is -0.219. The van der Waals surface area contributed by atoms with Crippen LogP contribution in [0.3, 0.4) is 0 Å². The molecule has 1 heterocycles. The van der Waals surface area contributed by atoms with Gasteiger partial charge in [-0.2, -0.15) is 0 Å². The van der Waals surface area contributed by atoms with Crippen molar-refractivity contribution >= 4 is 0 Å². The molecule has 0 aromatic rings. The third kappa shape index (κ3) is 5.99. The van der Waals surface area contributed by atoms with Gasteiger partial charge in [0.05, 0.1) is 6.54 Å². The fourth-order valence-corrected chi connectivity index (χ4v) is 1.84. The molecule has 1 aliphatic rings. The summed E-state index contributed by atoms with van der Waals surface area (Å²) in [5.74, 6) is 0.208. The summed E-state index contributed by atoms with van der Waals surface area (Å²) in [6.07, 6.45) is 3.75. The first-order valence-corrected chi connectivity index (χ1v) is 6.24. The zero-order valence-corrected chi connectivity index (χ0v) is 10.3. The predicted molar refractivity (Wildman–Crippen MR) is 63.7 cm³/mol. The third-order valence-electron chi connectivity index (χ3n) is 2.73. The predicted octanol–water partition coefficient (Wildman–Crippen LogP) is -1.31. The Hall–Kier alpha value is -0.660. The normalized spacial score (nSPS) is 30.5. The fraction of sp³-hybridized carbons (Fsp3) is 0.818. The van der Waals surface area contributed by atoms with E-state index < -0.39 is 12.6 Å². The molecule has 3 atom stereocenters. The molecule has 6 nitrogen and oxygen atoms in total. The average molecular weight is 246 g/mol. The van der Waals surface area contributed by atoms with Crippen LogP contribution >= 0.6 is 0 Å². The van der Waals surface area contributed by atoms with E-state index in [1.54, 1.807) is 11.4 Å². The minimum atomic E-state index is -0.937. The minimum Gasteiger partial charge on any atom is -0.468 e. The molecule has 1 rings (SSSR count). The number of hydrogen-bond donors (Lipinski definition) is 6. The van der Waals surface area contributed by atoms with Crippen molar-refractivity contribution in [2.75, 3.05) is 6.54 Å². The Morgan fingerprint density at radius 3 is 2.76 bits per heavy atom. The zero-order chi connectivity index (χ0) is 12.7. The Labute approximate surface area is 102 Å².